The van der Waals surface area contributed by atoms with Crippen LogP contribution in [0.15, 0.2) is 53.3 Å². The molecule has 0 fully saturated rings. The summed E-state index contributed by atoms with van der Waals surface area (Å²) in [4.78, 5) is 32.2. The van der Waals surface area contributed by atoms with Crippen LogP contribution in [0.2, 0.25) is 0 Å². The Kier molecular flexibility index (Phi) is 5.15. The van der Waals surface area contributed by atoms with Crippen LogP contribution in [0.1, 0.15) is 29.3 Å². The average Bonchev–Trinajstić information content (AvgIpc) is 3.11. The van der Waals surface area contributed by atoms with Gasteiger partial charge in [0.05, 0.1) is 22.1 Å². The monoisotopic (exact) mass is 406 g/mol. The van der Waals surface area contributed by atoms with Crippen LogP contribution in [-0.4, -0.2) is 32.6 Å². The highest BCUT2D eigenvalue weighted by Gasteiger charge is 2.21. The number of aromatic nitrogens is 3. The molecule has 0 saturated carbocycles. The van der Waals surface area contributed by atoms with Gasteiger partial charge in [0, 0.05) is 19.0 Å². The summed E-state index contributed by atoms with van der Waals surface area (Å²) in [6.07, 6.45) is 0. The molecule has 6 nitrogen and oxygen atoms in total. The number of benzene rings is 2. The van der Waals surface area contributed by atoms with Crippen LogP contribution in [-0.2, 0) is 13.1 Å². The van der Waals surface area contributed by atoms with E-state index >= 15 is 0 Å². The molecule has 2 aromatic heterocycles. The molecule has 7 heteroatoms. The molecule has 0 N–H and O–H groups in total. The molecule has 4 rings (SSSR count). The molecule has 4 aromatic rings. The van der Waals surface area contributed by atoms with Gasteiger partial charge >= 0.3 is 0 Å². The van der Waals surface area contributed by atoms with Crippen LogP contribution in [0.4, 0.5) is 0 Å². The molecule has 0 atom stereocenters. The van der Waals surface area contributed by atoms with Gasteiger partial charge in [-0.05, 0) is 24.1 Å². The van der Waals surface area contributed by atoms with E-state index < -0.39 is 0 Å². The summed E-state index contributed by atoms with van der Waals surface area (Å²) < 4.78 is 2.50. The van der Waals surface area contributed by atoms with Crippen molar-refractivity contribution in [2.75, 3.05) is 7.05 Å². The van der Waals surface area contributed by atoms with Gasteiger partial charge in [0.1, 0.15) is 5.01 Å². The van der Waals surface area contributed by atoms with Gasteiger partial charge in [0.15, 0.2) is 5.69 Å². The standard InChI is InChI=1S/C22H22N4O2S/c1-14(2)12-26-21(27)16-9-5-4-8-15(16)20(24-26)22(28)25(3)13-19-23-17-10-6-7-11-18(17)29-19/h4-11,14H,12-13H2,1-3H3. The van der Waals surface area contributed by atoms with Crippen LogP contribution in [0.3, 0.4) is 0 Å². The Morgan fingerprint density at radius 3 is 2.52 bits per heavy atom. The van der Waals surface area contributed by atoms with Crippen molar-refractivity contribution in [1.82, 2.24) is 19.7 Å². The van der Waals surface area contributed by atoms with Crippen LogP contribution >= 0.6 is 11.3 Å². The van der Waals surface area contributed by atoms with Crippen molar-refractivity contribution in [3.63, 3.8) is 0 Å². The second-order valence-corrected chi connectivity index (χ2v) is 8.63. The highest BCUT2D eigenvalue weighted by molar-refractivity contribution is 7.18. The van der Waals surface area contributed by atoms with E-state index in [4.69, 9.17) is 0 Å². The van der Waals surface area contributed by atoms with Gasteiger partial charge in [-0.2, -0.15) is 5.10 Å². The molecule has 148 valence electrons. The second-order valence-electron chi connectivity index (χ2n) is 7.51. The van der Waals surface area contributed by atoms with E-state index in [9.17, 15) is 9.59 Å². The number of nitrogens with zero attached hydrogens (tertiary/aromatic N) is 4. The number of carbonyl (C=O) groups is 1. The van der Waals surface area contributed by atoms with Crippen LogP contribution in [0.5, 0.6) is 0 Å². The predicted octanol–water partition coefficient (Wildman–Crippen LogP) is 3.93. The van der Waals surface area contributed by atoms with Crippen molar-refractivity contribution in [2.45, 2.75) is 26.9 Å². The predicted molar refractivity (Wildman–Crippen MR) is 116 cm³/mol. The minimum absolute atomic E-state index is 0.167. The number of hydrogen-bond donors (Lipinski definition) is 0. The van der Waals surface area contributed by atoms with Gasteiger partial charge in [-0.1, -0.05) is 44.2 Å². The van der Waals surface area contributed by atoms with Crippen LogP contribution < -0.4 is 5.56 Å². The zero-order valence-corrected chi connectivity index (χ0v) is 17.4. The first-order chi connectivity index (χ1) is 13.9. The molecular formula is C22H22N4O2S. The maximum absolute atomic E-state index is 13.3. The molecule has 2 heterocycles. The lowest BCUT2D eigenvalue weighted by molar-refractivity contribution is 0.0778. The summed E-state index contributed by atoms with van der Waals surface area (Å²) in [5.41, 5.74) is 1.06. The van der Waals surface area contributed by atoms with Crippen molar-refractivity contribution in [1.29, 1.82) is 0 Å². The van der Waals surface area contributed by atoms with Crippen molar-refractivity contribution in [3.8, 4) is 0 Å². The fraction of sp³-hybridized carbons (Fsp3) is 0.273. The summed E-state index contributed by atoms with van der Waals surface area (Å²) >= 11 is 1.58. The smallest absolute Gasteiger partial charge is 0.275 e. The highest BCUT2D eigenvalue weighted by atomic mass is 32.1. The Labute approximate surface area is 172 Å². The number of thiazole rings is 1. The quantitative estimate of drug-likeness (QED) is 0.504. The van der Waals surface area contributed by atoms with Crippen molar-refractivity contribution in [3.05, 3.63) is 69.6 Å². The molecule has 0 aliphatic carbocycles. The zero-order chi connectivity index (χ0) is 20.5. The molecule has 0 saturated heterocycles. The van der Waals surface area contributed by atoms with Gasteiger partial charge in [0.25, 0.3) is 11.5 Å². The summed E-state index contributed by atoms with van der Waals surface area (Å²) in [5, 5.41) is 6.40. The fourth-order valence-electron chi connectivity index (χ4n) is 3.31. The molecule has 0 aliphatic heterocycles. The third-order valence-electron chi connectivity index (χ3n) is 4.67. The summed E-state index contributed by atoms with van der Waals surface area (Å²) in [6, 6.07) is 15.1. The molecule has 29 heavy (non-hydrogen) atoms. The number of rotatable bonds is 5. The average molecular weight is 407 g/mol. The van der Waals surface area contributed by atoms with Crippen molar-refractivity contribution in [2.24, 2.45) is 5.92 Å². The minimum Gasteiger partial charge on any atom is -0.334 e. The minimum atomic E-state index is -0.224. The lowest BCUT2D eigenvalue weighted by Crippen LogP contribution is -2.32. The third kappa shape index (κ3) is 3.78. The Bertz CT molecular complexity index is 1230. The maximum Gasteiger partial charge on any atom is 0.275 e. The Morgan fingerprint density at radius 1 is 1.10 bits per heavy atom. The van der Waals surface area contributed by atoms with E-state index in [2.05, 4.69) is 10.1 Å². The highest BCUT2D eigenvalue weighted by Crippen LogP contribution is 2.23. The number of amides is 1. The summed E-state index contributed by atoms with van der Waals surface area (Å²) in [6.45, 7) is 4.89. The molecule has 0 spiro atoms. The van der Waals surface area contributed by atoms with E-state index in [0.29, 0.717) is 29.6 Å². The van der Waals surface area contributed by atoms with Gasteiger partial charge in [-0.3, -0.25) is 9.59 Å². The van der Waals surface area contributed by atoms with E-state index in [1.165, 1.54) is 4.68 Å². The van der Waals surface area contributed by atoms with Gasteiger partial charge in [-0.25, -0.2) is 9.67 Å². The molecule has 0 unspecified atom stereocenters. The van der Waals surface area contributed by atoms with Gasteiger partial charge < -0.3 is 4.90 Å². The Hall–Kier alpha value is -3.06. The van der Waals surface area contributed by atoms with E-state index in [1.807, 2.05) is 50.2 Å². The number of fused-ring (bicyclic) bond motifs is 2. The SMILES string of the molecule is CC(C)Cn1nc(C(=O)N(C)Cc2nc3ccccc3s2)c2ccccc2c1=O. The topological polar surface area (TPSA) is 68.1 Å². The van der Waals surface area contributed by atoms with Crippen LogP contribution in [0.25, 0.3) is 21.0 Å². The van der Waals surface area contributed by atoms with Gasteiger partial charge in [0.2, 0.25) is 0 Å². The first kappa shape index (κ1) is 19.3. The molecule has 0 bridgehead atoms. The first-order valence-electron chi connectivity index (χ1n) is 9.54. The molecule has 2 aromatic carbocycles. The largest absolute Gasteiger partial charge is 0.334 e. The second kappa shape index (κ2) is 7.75. The summed E-state index contributed by atoms with van der Waals surface area (Å²) in [5.74, 6) is 0.0164. The van der Waals surface area contributed by atoms with E-state index in [1.54, 1.807) is 35.4 Å². The molecule has 0 aliphatic rings. The van der Waals surface area contributed by atoms with Gasteiger partial charge in [-0.15, -0.1) is 11.3 Å². The fourth-order valence-corrected chi connectivity index (χ4v) is 4.33. The van der Waals surface area contributed by atoms with Crippen molar-refractivity contribution < 1.29 is 4.79 Å². The Balaban J connectivity index is 1.71. The Morgan fingerprint density at radius 2 is 1.79 bits per heavy atom. The lowest BCUT2D eigenvalue weighted by atomic mass is 10.1. The normalized spacial score (nSPS) is 11.4. The number of para-hydroxylation sites is 1. The zero-order valence-electron chi connectivity index (χ0n) is 16.6. The number of hydrogen-bond acceptors (Lipinski definition) is 5. The number of carbonyl (C=O) groups excluding carboxylic acids is 1. The molecule has 1 amide bonds. The van der Waals surface area contributed by atoms with Crippen molar-refractivity contribution >= 4 is 38.2 Å². The maximum atomic E-state index is 13.3. The lowest BCUT2D eigenvalue weighted by Gasteiger charge is -2.18. The van der Waals surface area contributed by atoms with Crippen LogP contribution in [0, 0.1) is 5.92 Å². The molecular weight excluding hydrogens is 384 g/mol. The van der Waals surface area contributed by atoms with E-state index in [-0.39, 0.29) is 17.4 Å². The third-order valence-corrected chi connectivity index (χ3v) is 5.69. The summed E-state index contributed by atoms with van der Waals surface area (Å²) in [7, 11) is 1.74. The first-order valence-corrected chi connectivity index (χ1v) is 10.4. The van der Waals surface area contributed by atoms with E-state index in [0.717, 1.165) is 15.2 Å². The molecule has 0 radical (unpaired) electrons.